The van der Waals surface area contributed by atoms with Gasteiger partial charge >= 0.3 is 0 Å². The van der Waals surface area contributed by atoms with Crippen LogP contribution in [0.3, 0.4) is 0 Å². The molecule has 3 aliphatic heterocycles. The lowest BCUT2D eigenvalue weighted by molar-refractivity contribution is -0.130. The Balaban J connectivity index is 1.32. The summed E-state index contributed by atoms with van der Waals surface area (Å²) >= 11 is 0. The van der Waals surface area contributed by atoms with Crippen molar-refractivity contribution in [2.45, 2.75) is 39.8 Å². The fourth-order valence-corrected chi connectivity index (χ4v) is 4.32. The Kier molecular flexibility index (Phi) is 4.76. The lowest BCUT2D eigenvalue weighted by Gasteiger charge is -2.24. The normalized spacial score (nSPS) is 27.1. The molecule has 0 spiro atoms. The third-order valence-corrected chi connectivity index (χ3v) is 5.96. The fraction of sp³-hybridized carbons (Fsp3) is 0.632. The summed E-state index contributed by atoms with van der Waals surface area (Å²) in [6.45, 7) is 8.00. The van der Waals surface area contributed by atoms with E-state index in [4.69, 9.17) is 4.52 Å². The molecule has 4 rings (SSSR count). The summed E-state index contributed by atoms with van der Waals surface area (Å²) in [7, 11) is 0. The van der Waals surface area contributed by atoms with Crippen LogP contribution in [0, 0.1) is 25.7 Å². The monoisotopic (exact) mass is 389 g/mol. The average molecular weight is 389 g/mol. The van der Waals surface area contributed by atoms with Crippen molar-refractivity contribution in [1.29, 1.82) is 0 Å². The zero-order valence-corrected chi connectivity index (χ0v) is 16.3. The Labute approximate surface area is 162 Å². The second-order valence-electron chi connectivity index (χ2n) is 7.89. The predicted molar refractivity (Wildman–Crippen MR) is 99.9 cm³/mol. The fourth-order valence-electron chi connectivity index (χ4n) is 4.32. The predicted octanol–water partition coefficient (Wildman–Crippen LogP) is 1.31. The van der Waals surface area contributed by atoms with E-state index >= 15 is 0 Å². The minimum absolute atomic E-state index is 0.139. The number of aryl methyl sites for hydroxylation is 2. The minimum atomic E-state index is -1.73. The summed E-state index contributed by atoms with van der Waals surface area (Å²) in [5.74, 6) is 1.07. The van der Waals surface area contributed by atoms with Crippen LogP contribution in [0.15, 0.2) is 14.5 Å². The van der Waals surface area contributed by atoms with Gasteiger partial charge in [-0.25, -0.2) is 9.38 Å². The second kappa shape index (κ2) is 7.10. The average Bonchev–Trinajstić information content (AvgIpc) is 3.31. The molecule has 0 radical (unpaired) electrons. The number of halogens is 1. The highest BCUT2D eigenvalue weighted by Crippen LogP contribution is 2.32. The number of hydrogen-bond acceptors (Lipinski definition) is 6. The maximum atomic E-state index is 13.6. The molecule has 0 bridgehead atoms. The van der Waals surface area contributed by atoms with Crippen LogP contribution >= 0.6 is 0 Å². The first-order chi connectivity index (χ1) is 13.3. The molecule has 28 heavy (non-hydrogen) atoms. The first-order valence-corrected chi connectivity index (χ1v) is 9.59. The van der Waals surface area contributed by atoms with Gasteiger partial charge in [0.25, 0.3) is 5.91 Å². The van der Waals surface area contributed by atoms with Crippen LogP contribution in [0.25, 0.3) is 0 Å². The summed E-state index contributed by atoms with van der Waals surface area (Å²) in [4.78, 5) is 36.1. The number of hydrogen-bond donors (Lipinski definition) is 0. The van der Waals surface area contributed by atoms with E-state index in [1.807, 2.05) is 23.6 Å². The van der Waals surface area contributed by atoms with Crippen molar-refractivity contribution in [2.24, 2.45) is 21.8 Å². The third kappa shape index (κ3) is 3.33. The third-order valence-electron chi connectivity index (χ3n) is 5.96. The Morgan fingerprint density at radius 1 is 1.14 bits per heavy atom. The van der Waals surface area contributed by atoms with Crippen molar-refractivity contribution in [1.82, 2.24) is 15.0 Å². The largest absolute Gasteiger partial charge is 0.361 e. The lowest BCUT2D eigenvalue weighted by Crippen LogP contribution is -2.38. The van der Waals surface area contributed by atoms with Gasteiger partial charge < -0.3 is 14.3 Å². The van der Waals surface area contributed by atoms with Crippen LogP contribution in [0.5, 0.6) is 0 Å². The van der Waals surface area contributed by atoms with Crippen molar-refractivity contribution < 1.29 is 18.5 Å². The van der Waals surface area contributed by atoms with Gasteiger partial charge in [0.2, 0.25) is 18.0 Å². The first-order valence-electron chi connectivity index (χ1n) is 9.59. The quantitative estimate of drug-likeness (QED) is 0.777. The van der Waals surface area contributed by atoms with Crippen LogP contribution < -0.4 is 0 Å². The van der Waals surface area contributed by atoms with E-state index in [1.54, 1.807) is 0 Å². The highest BCUT2D eigenvalue weighted by atomic mass is 19.1. The van der Waals surface area contributed by atoms with E-state index in [9.17, 15) is 14.0 Å². The molecule has 0 N–H and O–H groups in total. The molecule has 2 saturated heterocycles. The van der Waals surface area contributed by atoms with Crippen LogP contribution in [-0.2, 0) is 16.0 Å². The molecule has 0 aliphatic carbocycles. The molecule has 150 valence electrons. The van der Waals surface area contributed by atoms with Crippen molar-refractivity contribution in [2.75, 3.05) is 26.2 Å². The number of carbonyl (C=O) groups excluding carboxylic acids is 2. The first kappa shape index (κ1) is 18.8. The van der Waals surface area contributed by atoms with Gasteiger partial charge in [0.05, 0.1) is 11.4 Å². The van der Waals surface area contributed by atoms with Gasteiger partial charge in [0, 0.05) is 50.0 Å². The van der Waals surface area contributed by atoms with Gasteiger partial charge in [0.1, 0.15) is 5.76 Å². The van der Waals surface area contributed by atoms with Crippen molar-refractivity contribution >= 4 is 23.5 Å². The number of likely N-dealkylation sites (tertiary alicyclic amines) is 2. The molecule has 9 heteroatoms. The Bertz CT molecular complexity index is 843. The van der Waals surface area contributed by atoms with Gasteiger partial charge in [-0.1, -0.05) is 5.16 Å². The molecule has 2 fully saturated rings. The molecule has 3 atom stereocenters. The molecule has 0 saturated carbocycles. The van der Waals surface area contributed by atoms with Gasteiger partial charge in [-0.15, -0.1) is 0 Å². The topological polar surface area (TPSA) is 91.4 Å². The van der Waals surface area contributed by atoms with E-state index in [1.165, 1.54) is 6.92 Å². The number of alkyl halides is 1. The molecule has 1 aromatic rings. The lowest BCUT2D eigenvalue weighted by atomic mass is 10.0. The number of carbonyl (C=O) groups is 2. The van der Waals surface area contributed by atoms with Gasteiger partial charge in [-0.05, 0) is 27.2 Å². The summed E-state index contributed by atoms with van der Waals surface area (Å²) in [5.41, 5.74) is 2.01. The van der Waals surface area contributed by atoms with Gasteiger partial charge in [-0.2, -0.15) is 4.99 Å². The molecule has 3 unspecified atom stereocenters. The SMILES string of the molecule is CC1=NC(N2CC3CN(C(=O)CCc4c(C)noc4C)CC3C2)=NC(=O)C1F. The number of guanidine groups is 1. The Morgan fingerprint density at radius 2 is 1.82 bits per heavy atom. The van der Waals surface area contributed by atoms with Crippen molar-refractivity contribution in [3.8, 4) is 0 Å². The number of aliphatic imine (C=N–C) groups is 2. The maximum Gasteiger partial charge on any atom is 0.289 e. The number of rotatable bonds is 3. The van der Waals surface area contributed by atoms with E-state index in [-0.39, 0.29) is 11.6 Å². The van der Waals surface area contributed by atoms with Gasteiger partial charge in [-0.3, -0.25) is 9.59 Å². The van der Waals surface area contributed by atoms with E-state index in [0.29, 0.717) is 56.8 Å². The minimum Gasteiger partial charge on any atom is -0.361 e. The van der Waals surface area contributed by atoms with Crippen LogP contribution in [0.4, 0.5) is 4.39 Å². The molecular formula is C19H24FN5O3. The van der Waals surface area contributed by atoms with Crippen molar-refractivity contribution in [3.63, 3.8) is 0 Å². The molecule has 1 aromatic heterocycles. The number of fused-ring (bicyclic) bond motifs is 1. The van der Waals surface area contributed by atoms with E-state index < -0.39 is 12.1 Å². The van der Waals surface area contributed by atoms with E-state index in [0.717, 1.165) is 17.0 Å². The molecular weight excluding hydrogens is 365 g/mol. The zero-order valence-electron chi connectivity index (χ0n) is 16.3. The maximum absolute atomic E-state index is 13.6. The highest BCUT2D eigenvalue weighted by Gasteiger charge is 2.43. The Hall–Kier alpha value is -2.58. The number of nitrogens with zero attached hydrogens (tertiary/aromatic N) is 5. The van der Waals surface area contributed by atoms with Crippen LogP contribution in [0.2, 0.25) is 0 Å². The molecule has 2 amide bonds. The second-order valence-corrected chi connectivity index (χ2v) is 7.89. The van der Waals surface area contributed by atoms with Crippen LogP contribution in [-0.4, -0.2) is 70.8 Å². The Morgan fingerprint density at radius 3 is 2.39 bits per heavy atom. The molecule has 0 aromatic carbocycles. The van der Waals surface area contributed by atoms with E-state index in [2.05, 4.69) is 15.1 Å². The molecule has 3 aliphatic rings. The van der Waals surface area contributed by atoms with Crippen molar-refractivity contribution in [3.05, 3.63) is 17.0 Å². The van der Waals surface area contributed by atoms with Crippen LogP contribution in [0.1, 0.15) is 30.4 Å². The number of amides is 2. The summed E-state index contributed by atoms with van der Waals surface area (Å²) in [6, 6.07) is 0. The summed E-state index contributed by atoms with van der Waals surface area (Å²) in [5, 5.41) is 3.93. The summed E-state index contributed by atoms with van der Waals surface area (Å²) < 4.78 is 18.7. The molecule has 4 heterocycles. The van der Waals surface area contributed by atoms with Gasteiger partial charge in [0.15, 0.2) is 0 Å². The summed E-state index contributed by atoms with van der Waals surface area (Å²) in [6.07, 6.45) is -0.652. The molecule has 8 nitrogen and oxygen atoms in total. The zero-order chi connectivity index (χ0) is 20.0. The standard InChI is InChI=1S/C19H24FN5O3/c1-10-15(12(3)28-23-10)4-5-16(26)24-6-13-8-25(9-14(13)7-24)19-21-11(2)17(20)18(27)22-19/h13-14,17H,4-9H2,1-3H3. The smallest absolute Gasteiger partial charge is 0.289 e. The number of aromatic nitrogens is 1. The highest BCUT2D eigenvalue weighted by molar-refractivity contribution is 6.16.